The summed E-state index contributed by atoms with van der Waals surface area (Å²) < 4.78 is 19.6. The number of hydrogen-bond donors (Lipinski definition) is 1. The van der Waals surface area contributed by atoms with Gasteiger partial charge in [-0.15, -0.1) is 0 Å². The van der Waals surface area contributed by atoms with Crippen LogP contribution >= 0.6 is 34.4 Å². The predicted molar refractivity (Wildman–Crippen MR) is 146 cm³/mol. The lowest BCUT2D eigenvalue weighted by Crippen LogP contribution is -2.46. The number of nitrogens with one attached hydrogen (secondary N) is 1. The Morgan fingerprint density at radius 3 is 2.46 bits per heavy atom. The topological polar surface area (TPSA) is 71.0 Å². The van der Waals surface area contributed by atoms with Gasteiger partial charge in [-0.1, -0.05) is 23.9 Å². The van der Waals surface area contributed by atoms with Crippen LogP contribution in [0.2, 0.25) is 0 Å². The fraction of sp³-hybridized carbons (Fsp3) is 0.192. The number of anilines is 1. The normalized spacial score (nSPS) is 16.9. The van der Waals surface area contributed by atoms with Crippen molar-refractivity contribution < 1.29 is 18.7 Å². The van der Waals surface area contributed by atoms with E-state index in [9.17, 15) is 14.0 Å². The van der Waals surface area contributed by atoms with Crippen molar-refractivity contribution in [2.75, 3.05) is 19.0 Å². The maximum Gasteiger partial charge on any atom is 0.238 e. The van der Waals surface area contributed by atoms with Crippen LogP contribution in [0.3, 0.4) is 0 Å². The van der Waals surface area contributed by atoms with Gasteiger partial charge in [0.25, 0.3) is 0 Å². The number of carbonyl (C=O) groups is 2. The summed E-state index contributed by atoms with van der Waals surface area (Å²) in [6.45, 7) is 0.406. The molecule has 1 saturated heterocycles. The first kappa shape index (κ1) is 25.2. The molecule has 0 radical (unpaired) electrons. The molecule has 0 bridgehead atoms. The second-order valence-electron chi connectivity index (χ2n) is 7.82. The molecule has 0 aromatic heterocycles. The van der Waals surface area contributed by atoms with E-state index in [4.69, 9.17) is 4.74 Å². The van der Waals surface area contributed by atoms with Gasteiger partial charge in [-0.2, -0.15) is 0 Å². The first-order valence-electron chi connectivity index (χ1n) is 10.9. The summed E-state index contributed by atoms with van der Waals surface area (Å²) in [5, 5.41) is 2.68. The second-order valence-corrected chi connectivity index (χ2v) is 10.2. The zero-order chi connectivity index (χ0) is 24.8. The number of methoxy groups -OCH3 is 1. The van der Waals surface area contributed by atoms with E-state index in [0.717, 1.165) is 14.9 Å². The molecule has 35 heavy (non-hydrogen) atoms. The first-order valence-corrected chi connectivity index (χ1v) is 12.9. The molecule has 2 amide bonds. The Kier molecular flexibility index (Phi) is 8.40. The molecule has 180 valence electrons. The number of benzene rings is 3. The minimum Gasteiger partial charge on any atom is -0.497 e. The number of amidine groups is 1. The molecular formula is C26H23FIN3O3S. The quantitative estimate of drug-likeness (QED) is 0.355. The number of halogens is 2. The Labute approximate surface area is 221 Å². The van der Waals surface area contributed by atoms with Crippen LogP contribution in [-0.2, 0) is 16.0 Å². The Bertz CT molecular complexity index is 1220. The lowest BCUT2D eigenvalue weighted by Gasteiger charge is -2.32. The van der Waals surface area contributed by atoms with Crippen LogP contribution in [0.25, 0.3) is 0 Å². The number of thioether (sulfide) groups is 1. The molecule has 0 aliphatic carbocycles. The molecule has 0 spiro atoms. The zero-order valence-corrected chi connectivity index (χ0v) is 21.9. The van der Waals surface area contributed by atoms with E-state index < -0.39 is 5.25 Å². The van der Waals surface area contributed by atoms with E-state index in [1.165, 1.54) is 23.9 Å². The third kappa shape index (κ3) is 6.82. The van der Waals surface area contributed by atoms with Crippen LogP contribution in [0.15, 0.2) is 77.8 Å². The maximum atomic E-state index is 13.4. The van der Waals surface area contributed by atoms with Gasteiger partial charge in [-0.05, 0) is 95.2 Å². The highest BCUT2D eigenvalue weighted by atomic mass is 127. The molecule has 1 atom stereocenters. The van der Waals surface area contributed by atoms with E-state index in [-0.39, 0.29) is 24.1 Å². The maximum absolute atomic E-state index is 13.4. The summed E-state index contributed by atoms with van der Waals surface area (Å²) in [5.74, 6) is -0.0431. The van der Waals surface area contributed by atoms with E-state index in [0.29, 0.717) is 29.5 Å². The predicted octanol–water partition coefficient (Wildman–Crippen LogP) is 5.64. The molecule has 1 fully saturated rings. The van der Waals surface area contributed by atoms with Gasteiger partial charge in [0.2, 0.25) is 11.8 Å². The summed E-state index contributed by atoms with van der Waals surface area (Å²) in [6, 6.07) is 20.8. The lowest BCUT2D eigenvalue weighted by molar-refractivity contribution is -0.129. The molecule has 0 unspecified atom stereocenters. The van der Waals surface area contributed by atoms with Crippen molar-refractivity contribution in [2.24, 2.45) is 4.99 Å². The molecule has 1 aliphatic rings. The summed E-state index contributed by atoms with van der Waals surface area (Å²) in [4.78, 5) is 32.3. The van der Waals surface area contributed by atoms with Gasteiger partial charge in [0.15, 0.2) is 5.17 Å². The van der Waals surface area contributed by atoms with Crippen LogP contribution in [0.1, 0.15) is 12.0 Å². The fourth-order valence-electron chi connectivity index (χ4n) is 3.48. The molecule has 9 heteroatoms. The molecular weight excluding hydrogens is 580 g/mol. The number of carbonyl (C=O) groups excluding carboxylic acids is 2. The van der Waals surface area contributed by atoms with Crippen LogP contribution in [0, 0.1) is 9.39 Å². The molecule has 3 aromatic carbocycles. The van der Waals surface area contributed by atoms with Crippen LogP contribution in [0.5, 0.6) is 5.75 Å². The van der Waals surface area contributed by atoms with E-state index in [2.05, 4.69) is 32.9 Å². The van der Waals surface area contributed by atoms with Gasteiger partial charge in [0.05, 0.1) is 12.8 Å². The van der Waals surface area contributed by atoms with Gasteiger partial charge >= 0.3 is 0 Å². The van der Waals surface area contributed by atoms with Crippen molar-refractivity contribution in [3.63, 3.8) is 0 Å². The molecule has 1 heterocycles. The van der Waals surface area contributed by atoms with Crippen molar-refractivity contribution in [3.05, 3.63) is 87.7 Å². The average Bonchev–Trinajstić information content (AvgIpc) is 2.86. The molecule has 0 saturated carbocycles. The van der Waals surface area contributed by atoms with Gasteiger partial charge < -0.3 is 10.1 Å². The zero-order valence-electron chi connectivity index (χ0n) is 18.9. The molecule has 4 rings (SSSR count). The third-order valence-corrected chi connectivity index (χ3v) is 7.29. The molecule has 1 N–H and O–H groups in total. The van der Waals surface area contributed by atoms with Crippen molar-refractivity contribution in [3.8, 4) is 5.75 Å². The number of hydrogen-bond acceptors (Lipinski definition) is 5. The Hall–Kier alpha value is -2.92. The summed E-state index contributed by atoms with van der Waals surface area (Å²) in [7, 11) is 1.61. The Morgan fingerprint density at radius 2 is 1.80 bits per heavy atom. The number of amides is 2. The summed E-state index contributed by atoms with van der Waals surface area (Å²) in [5.41, 5.74) is 2.22. The number of ether oxygens (including phenoxy) is 1. The van der Waals surface area contributed by atoms with Crippen LogP contribution < -0.4 is 10.1 Å². The summed E-state index contributed by atoms with van der Waals surface area (Å²) >= 11 is 3.44. The van der Waals surface area contributed by atoms with Crippen LogP contribution in [-0.4, -0.2) is 40.8 Å². The highest BCUT2D eigenvalue weighted by Crippen LogP contribution is 2.30. The number of rotatable bonds is 7. The van der Waals surface area contributed by atoms with Crippen molar-refractivity contribution >= 4 is 62.7 Å². The highest BCUT2D eigenvalue weighted by molar-refractivity contribution is 14.1. The summed E-state index contributed by atoms with van der Waals surface area (Å²) in [6.07, 6.45) is 0.671. The molecule has 3 aromatic rings. The SMILES string of the molecule is COc1ccc(CCN2C(=O)C[C@H](C(=O)Nc3ccc(I)cc3)SC2=Nc2ccc(F)cc2)cc1. The minimum absolute atomic E-state index is 0.0614. The van der Waals surface area contributed by atoms with Crippen molar-refractivity contribution in [2.45, 2.75) is 18.1 Å². The van der Waals surface area contributed by atoms with E-state index in [1.54, 1.807) is 24.1 Å². The second kappa shape index (κ2) is 11.7. The van der Waals surface area contributed by atoms with Crippen molar-refractivity contribution in [1.29, 1.82) is 0 Å². The largest absolute Gasteiger partial charge is 0.497 e. The van der Waals surface area contributed by atoms with Gasteiger partial charge in [-0.25, -0.2) is 9.38 Å². The standard InChI is InChI=1S/C26H23FIN3O3S/c1-34-22-12-2-17(3-13-22)14-15-31-24(32)16-23(25(33)29-20-10-6-19(28)7-11-20)35-26(31)30-21-8-4-18(27)5-9-21/h2-13,23H,14-16H2,1H3,(H,29,33)/t23-/m1/s1. The third-order valence-electron chi connectivity index (χ3n) is 5.38. The smallest absolute Gasteiger partial charge is 0.238 e. The van der Waals surface area contributed by atoms with Crippen molar-refractivity contribution in [1.82, 2.24) is 4.90 Å². The van der Waals surface area contributed by atoms with Gasteiger partial charge in [0.1, 0.15) is 16.8 Å². The average molecular weight is 603 g/mol. The Morgan fingerprint density at radius 1 is 1.11 bits per heavy atom. The number of nitrogens with zero attached hydrogens (tertiary/aromatic N) is 2. The minimum atomic E-state index is -0.627. The van der Waals surface area contributed by atoms with Crippen LogP contribution in [0.4, 0.5) is 15.8 Å². The fourth-order valence-corrected chi connectivity index (χ4v) is 4.96. The monoisotopic (exact) mass is 603 g/mol. The lowest BCUT2D eigenvalue weighted by atomic mass is 10.1. The highest BCUT2D eigenvalue weighted by Gasteiger charge is 2.35. The molecule has 6 nitrogen and oxygen atoms in total. The van der Waals surface area contributed by atoms with Gasteiger partial charge in [0, 0.05) is 22.2 Å². The van der Waals surface area contributed by atoms with E-state index >= 15 is 0 Å². The number of aliphatic imine (C=N–C) groups is 1. The molecule has 1 aliphatic heterocycles. The van der Waals surface area contributed by atoms with Gasteiger partial charge in [-0.3, -0.25) is 14.5 Å². The first-order chi connectivity index (χ1) is 16.9. The van der Waals surface area contributed by atoms with E-state index in [1.807, 2.05) is 48.5 Å². The Balaban J connectivity index is 1.53.